The predicted molar refractivity (Wildman–Crippen MR) is 355 cm³/mol. The summed E-state index contributed by atoms with van der Waals surface area (Å²) in [5.41, 5.74) is 11.1. The van der Waals surface area contributed by atoms with Crippen LogP contribution in [0.15, 0.2) is 332 Å². The van der Waals surface area contributed by atoms with E-state index in [-0.39, 0.29) is 0 Å². The number of aromatic nitrogens is 2. The molecule has 3 aromatic heterocycles. The number of nitrogens with zero attached hydrogens (tertiary/aromatic N) is 2. The lowest BCUT2D eigenvalue weighted by Crippen LogP contribution is -2.74. The van der Waals surface area contributed by atoms with Crippen molar-refractivity contribution in [2.75, 3.05) is 0 Å². The van der Waals surface area contributed by atoms with E-state index in [0.717, 1.165) is 44.3 Å². The number of fused-ring (bicyclic) bond motifs is 9. The van der Waals surface area contributed by atoms with E-state index in [2.05, 4.69) is 337 Å². The molecule has 83 heavy (non-hydrogen) atoms. The Balaban J connectivity index is 1.03. The molecule has 0 aliphatic rings. The molecule has 0 spiro atoms. The average Bonchev–Trinajstić information content (AvgIpc) is 3.27. The second-order valence-electron chi connectivity index (χ2n) is 21.8. The van der Waals surface area contributed by atoms with Crippen LogP contribution >= 0.6 is 0 Å². The molecule has 16 aromatic rings. The van der Waals surface area contributed by atoms with Crippen LogP contribution in [-0.4, -0.2) is 25.3 Å². The van der Waals surface area contributed by atoms with Crippen molar-refractivity contribution in [3.8, 4) is 22.5 Å². The Kier molecular flexibility index (Phi) is 11.6. The highest BCUT2D eigenvalue weighted by molar-refractivity contribution is 7.21. The maximum Gasteiger partial charge on any atom is 0.180 e. The molecule has 0 N–H and O–H groups in total. The van der Waals surface area contributed by atoms with Gasteiger partial charge in [-0.15, -0.1) is 0 Å². The zero-order chi connectivity index (χ0) is 54.9. The van der Waals surface area contributed by atoms with E-state index in [1.54, 1.807) is 0 Å². The Hall–Kier alpha value is -10.3. The molecule has 0 aliphatic heterocycles. The van der Waals surface area contributed by atoms with E-state index in [0.29, 0.717) is 0 Å². The molecule has 0 bridgehead atoms. The maximum absolute atomic E-state index is 6.52. The fraction of sp³-hybridized carbons (Fsp3) is 0. The van der Waals surface area contributed by atoms with E-state index < -0.39 is 16.1 Å². The number of benzene rings is 13. The first-order valence-corrected chi connectivity index (χ1v) is 32.7. The molecule has 0 amide bonds. The molecule has 13 aromatic carbocycles. The molecule has 0 saturated carbocycles. The van der Waals surface area contributed by atoms with Gasteiger partial charge in [-0.3, -0.25) is 0 Å². The van der Waals surface area contributed by atoms with E-state index >= 15 is 0 Å². The predicted octanol–water partition coefficient (Wildman–Crippen LogP) is 14.2. The number of rotatable bonds is 11. The molecule has 5 heteroatoms. The molecule has 390 valence electrons. The Morgan fingerprint density at radius 3 is 1.31 bits per heavy atom. The average molecular weight is 1090 g/mol. The molecular formula is C78H54N2OSi2. The van der Waals surface area contributed by atoms with Gasteiger partial charge in [0.05, 0.1) is 22.1 Å². The van der Waals surface area contributed by atoms with Crippen LogP contribution in [0.4, 0.5) is 0 Å². The molecule has 3 heterocycles. The maximum atomic E-state index is 6.52. The lowest BCUT2D eigenvalue weighted by molar-refractivity contribution is 0.669. The minimum Gasteiger partial charge on any atom is -0.456 e. The fourth-order valence-electron chi connectivity index (χ4n) is 14.2. The summed E-state index contributed by atoms with van der Waals surface area (Å²) >= 11 is 0. The van der Waals surface area contributed by atoms with Gasteiger partial charge in [-0.25, -0.2) is 0 Å². The number of hydrogen-bond acceptors (Lipinski definition) is 1. The van der Waals surface area contributed by atoms with Crippen LogP contribution in [0.3, 0.4) is 0 Å². The van der Waals surface area contributed by atoms with Gasteiger partial charge in [0, 0.05) is 43.7 Å². The van der Waals surface area contributed by atoms with Gasteiger partial charge >= 0.3 is 0 Å². The standard InChI is InChI=1S/C78H54N2OSi2/c1-7-26-55(27-8-1)65-42-24-44-72-77(65)67-41-19-21-43-70(67)80(72)57-48-50-71-69(53-57)78-73(45-25-47-76(78)83(60-33-13-4-14-34-60,61-35-15-5-16-36-61)62-37-17-6-18-38-62)79(71)56-28-23-39-63(52-56)82(58-29-9-2-10-30-58,59-31-11-3-12-32-59)64-49-51-75-68(54-64)66-40-20-22-46-74(66)81-75/h1-54H. The summed E-state index contributed by atoms with van der Waals surface area (Å²) < 4.78 is 11.6. The quantitative estimate of drug-likeness (QED) is 0.0935. The van der Waals surface area contributed by atoms with Gasteiger partial charge in [-0.1, -0.05) is 267 Å². The van der Waals surface area contributed by atoms with E-state index in [4.69, 9.17) is 4.42 Å². The normalized spacial score (nSPS) is 12.1. The number of hydrogen-bond donors (Lipinski definition) is 0. The van der Waals surface area contributed by atoms with Crippen molar-refractivity contribution in [3.05, 3.63) is 328 Å². The van der Waals surface area contributed by atoms with E-state index in [1.165, 1.54) is 85.2 Å². The summed E-state index contributed by atoms with van der Waals surface area (Å²) in [5, 5.41) is 17.8. The topological polar surface area (TPSA) is 23.0 Å². The zero-order valence-corrected chi connectivity index (χ0v) is 47.5. The molecule has 3 nitrogen and oxygen atoms in total. The van der Waals surface area contributed by atoms with E-state index in [9.17, 15) is 0 Å². The first kappa shape index (κ1) is 48.6. The summed E-state index contributed by atoms with van der Waals surface area (Å²) in [4.78, 5) is 0. The van der Waals surface area contributed by atoms with Crippen molar-refractivity contribution in [1.82, 2.24) is 9.13 Å². The Labute approximate surface area is 483 Å². The van der Waals surface area contributed by atoms with Gasteiger partial charge in [0.2, 0.25) is 0 Å². The highest BCUT2D eigenvalue weighted by Gasteiger charge is 2.44. The zero-order valence-electron chi connectivity index (χ0n) is 45.5. The minimum atomic E-state index is -3.12. The third-order valence-corrected chi connectivity index (χ3v) is 27.2. The lowest BCUT2D eigenvalue weighted by Gasteiger charge is -2.35. The highest BCUT2D eigenvalue weighted by atomic mass is 28.3. The van der Waals surface area contributed by atoms with Crippen LogP contribution in [0.2, 0.25) is 0 Å². The second-order valence-corrected chi connectivity index (χ2v) is 29.4. The molecule has 16 rings (SSSR count). The first-order valence-electron chi connectivity index (χ1n) is 28.7. The Bertz CT molecular complexity index is 4940. The van der Waals surface area contributed by atoms with Gasteiger partial charge in [-0.05, 0) is 113 Å². The first-order chi connectivity index (χ1) is 41.2. The lowest BCUT2D eigenvalue weighted by atomic mass is 9.99. The van der Waals surface area contributed by atoms with Crippen molar-refractivity contribution in [3.63, 3.8) is 0 Å². The molecule has 0 unspecified atom stereocenters. The summed E-state index contributed by atoms with van der Waals surface area (Å²) in [5.74, 6) is 0. The van der Waals surface area contributed by atoms with Gasteiger partial charge in [0.1, 0.15) is 11.2 Å². The van der Waals surface area contributed by atoms with Gasteiger partial charge in [-0.2, -0.15) is 0 Å². The minimum absolute atomic E-state index is 0.895. The number of furan rings is 1. The van der Waals surface area contributed by atoms with Crippen molar-refractivity contribution >= 4 is 123 Å². The van der Waals surface area contributed by atoms with Crippen LogP contribution in [-0.2, 0) is 0 Å². The van der Waals surface area contributed by atoms with Crippen LogP contribution in [0.25, 0.3) is 88.1 Å². The van der Waals surface area contributed by atoms with Crippen molar-refractivity contribution in [2.45, 2.75) is 0 Å². The SMILES string of the molecule is c1ccc(-c2cccc3c2c2ccccc2n3-c2ccc3c(c2)c2c([Si](c4ccccc4)(c4ccccc4)c4ccccc4)cccc2n3-c2cccc([Si](c3ccccc3)(c3ccccc3)c3ccc4oc5ccccc5c4c3)c2)cc1. The third-order valence-electron chi connectivity index (χ3n) is 17.6. The second kappa shape index (κ2) is 19.7. The van der Waals surface area contributed by atoms with Crippen molar-refractivity contribution < 1.29 is 4.42 Å². The third kappa shape index (κ3) is 7.49. The van der Waals surface area contributed by atoms with Gasteiger partial charge in [0.25, 0.3) is 0 Å². The molecule has 0 radical (unpaired) electrons. The molecule has 0 aliphatic carbocycles. The van der Waals surface area contributed by atoms with Crippen molar-refractivity contribution in [2.24, 2.45) is 0 Å². The summed E-state index contributed by atoms with van der Waals surface area (Å²) in [7, 11) is -6.22. The van der Waals surface area contributed by atoms with Gasteiger partial charge in [0.15, 0.2) is 16.1 Å². The monoisotopic (exact) mass is 1090 g/mol. The summed E-state index contributed by atoms with van der Waals surface area (Å²) in [6.07, 6.45) is 0. The summed E-state index contributed by atoms with van der Waals surface area (Å²) in [6, 6.07) is 123. The Morgan fingerprint density at radius 2 is 0.687 bits per heavy atom. The highest BCUT2D eigenvalue weighted by Crippen LogP contribution is 2.41. The Morgan fingerprint density at radius 1 is 0.241 bits per heavy atom. The molecule has 0 saturated heterocycles. The summed E-state index contributed by atoms with van der Waals surface area (Å²) in [6.45, 7) is 0. The van der Waals surface area contributed by atoms with Crippen LogP contribution in [0, 0.1) is 0 Å². The van der Waals surface area contributed by atoms with Crippen molar-refractivity contribution in [1.29, 1.82) is 0 Å². The smallest absolute Gasteiger partial charge is 0.180 e. The van der Waals surface area contributed by atoms with Gasteiger partial charge < -0.3 is 13.6 Å². The molecular weight excluding hydrogens is 1040 g/mol. The van der Waals surface area contributed by atoms with E-state index in [1.807, 2.05) is 0 Å². The largest absolute Gasteiger partial charge is 0.456 e. The van der Waals surface area contributed by atoms with Crippen LogP contribution < -0.4 is 41.5 Å². The van der Waals surface area contributed by atoms with Crippen LogP contribution in [0.1, 0.15) is 0 Å². The number of para-hydroxylation sites is 2. The molecule has 0 fully saturated rings. The van der Waals surface area contributed by atoms with Crippen LogP contribution in [0.5, 0.6) is 0 Å². The molecule has 0 atom stereocenters. The fourth-order valence-corrected chi connectivity index (χ4v) is 24.0.